The zero-order valence-corrected chi connectivity index (χ0v) is 13.8. The summed E-state index contributed by atoms with van der Waals surface area (Å²) in [5.41, 5.74) is 1.21. The van der Waals surface area contributed by atoms with Gasteiger partial charge in [0.05, 0.1) is 16.8 Å². The van der Waals surface area contributed by atoms with Gasteiger partial charge in [-0.1, -0.05) is 13.8 Å². The van der Waals surface area contributed by atoms with E-state index in [-0.39, 0.29) is 6.10 Å². The van der Waals surface area contributed by atoms with Gasteiger partial charge < -0.3 is 5.11 Å². The number of nitrogens with zero attached hydrogens (tertiary/aromatic N) is 2. The highest BCUT2D eigenvalue weighted by atomic mass is 32.1. The Morgan fingerprint density at radius 1 is 1.45 bits per heavy atom. The van der Waals surface area contributed by atoms with Gasteiger partial charge in [-0.15, -0.1) is 11.3 Å². The van der Waals surface area contributed by atoms with E-state index in [2.05, 4.69) is 24.1 Å². The summed E-state index contributed by atoms with van der Waals surface area (Å²) in [6.07, 6.45) is 4.50. The summed E-state index contributed by atoms with van der Waals surface area (Å²) in [5, 5.41) is 13.2. The van der Waals surface area contributed by atoms with E-state index in [9.17, 15) is 5.11 Å². The van der Waals surface area contributed by atoms with Crippen LogP contribution in [-0.4, -0.2) is 34.2 Å². The van der Waals surface area contributed by atoms with Gasteiger partial charge >= 0.3 is 0 Å². The SMILES string of the molecule is CC(C)CCc1nc(CN2CCCC(C(C)O)C2)cs1. The van der Waals surface area contributed by atoms with Crippen LogP contribution in [0.1, 0.15) is 50.7 Å². The molecule has 1 N–H and O–H groups in total. The maximum Gasteiger partial charge on any atom is 0.0928 e. The van der Waals surface area contributed by atoms with E-state index >= 15 is 0 Å². The number of hydrogen-bond acceptors (Lipinski definition) is 4. The van der Waals surface area contributed by atoms with Crippen LogP contribution in [0.15, 0.2) is 5.38 Å². The normalized spacial score (nSPS) is 22.4. The summed E-state index contributed by atoms with van der Waals surface area (Å²) >= 11 is 1.80. The lowest BCUT2D eigenvalue weighted by atomic mass is 9.93. The van der Waals surface area contributed by atoms with Crippen molar-refractivity contribution in [3.05, 3.63) is 16.1 Å². The lowest BCUT2D eigenvalue weighted by Crippen LogP contribution is -2.39. The number of rotatable bonds is 6. The van der Waals surface area contributed by atoms with Gasteiger partial charge in [0.15, 0.2) is 0 Å². The number of aromatic nitrogens is 1. The van der Waals surface area contributed by atoms with Crippen LogP contribution >= 0.6 is 11.3 Å². The van der Waals surface area contributed by atoms with Gasteiger partial charge in [0.25, 0.3) is 0 Å². The maximum atomic E-state index is 9.75. The Labute approximate surface area is 127 Å². The zero-order valence-electron chi connectivity index (χ0n) is 13.0. The number of hydrogen-bond donors (Lipinski definition) is 1. The minimum atomic E-state index is -0.185. The fourth-order valence-corrected chi connectivity index (χ4v) is 3.61. The average molecular weight is 296 g/mol. The number of aliphatic hydroxyl groups excluding tert-OH is 1. The lowest BCUT2D eigenvalue weighted by Gasteiger charge is -2.33. The molecular weight excluding hydrogens is 268 g/mol. The van der Waals surface area contributed by atoms with Crippen molar-refractivity contribution in [1.29, 1.82) is 0 Å². The maximum absolute atomic E-state index is 9.75. The summed E-state index contributed by atoms with van der Waals surface area (Å²) in [5.74, 6) is 1.18. The third-order valence-electron chi connectivity index (χ3n) is 4.14. The van der Waals surface area contributed by atoms with Crippen molar-refractivity contribution < 1.29 is 5.11 Å². The van der Waals surface area contributed by atoms with Gasteiger partial charge in [-0.2, -0.15) is 0 Å². The Bertz CT molecular complexity index is 403. The van der Waals surface area contributed by atoms with E-state index in [1.54, 1.807) is 11.3 Å². The molecular formula is C16H28N2OS. The van der Waals surface area contributed by atoms with Gasteiger partial charge in [0.1, 0.15) is 0 Å². The van der Waals surface area contributed by atoms with Gasteiger partial charge in [0, 0.05) is 18.5 Å². The molecule has 3 nitrogen and oxygen atoms in total. The van der Waals surface area contributed by atoms with Crippen LogP contribution in [0.2, 0.25) is 0 Å². The number of piperidine rings is 1. The van der Waals surface area contributed by atoms with Crippen molar-refractivity contribution in [2.75, 3.05) is 13.1 Å². The second-order valence-electron chi connectivity index (χ2n) is 6.54. The third-order valence-corrected chi connectivity index (χ3v) is 5.10. The van der Waals surface area contributed by atoms with Gasteiger partial charge in [-0.05, 0) is 51.0 Å². The molecule has 114 valence electrons. The molecule has 2 atom stereocenters. The number of likely N-dealkylation sites (tertiary alicyclic amines) is 1. The second kappa shape index (κ2) is 7.53. The van der Waals surface area contributed by atoms with Gasteiger partial charge in [-0.25, -0.2) is 4.98 Å². The van der Waals surface area contributed by atoms with Crippen LogP contribution in [0.5, 0.6) is 0 Å². The van der Waals surface area contributed by atoms with Crippen LogP contribution in [0, 0.1) is 11.8 Å². The Kier molecular flexibility index (Phi) is 6.00. The first-order chi connectivity index (χ1) is 9.54. The number of aryl methyl sites for hydroxylation is 1. The Morgan fingerprint density at radius 2 is 2.25 bits per heavy atom. The minimum absolute atomic E-state index is 0.185. The monoisotopic (exact) mass is 296 g/mol. The molecule has 1 fully saturated rings. The number of thiazole rings is 1. The Hall–Kier alpha value is -0.450. The van der Waals surface area contributed by atoms with E-state index in [1.165, 1.54) is 23.5 Å². The van der Waals surface area contributed by atoms with Crippen molar-refractivity contribution in [2.45, 2.75) is 59.1 Å². The highest BCUT2D eigenvalue weighted by Gasteiger charge is 2.23. The molecule has 2 unspecified atom stereocenters. The number of aliphatic hydroxyl groups is 1. The topological polar surface area (TPSA) is 36.4 Å². The lowest BCUT2D eigenvalue weighted by molar-refractivity contribution is 0.0595. The van der Waals surface area contributed by atoms with E-state index in [0.717, 1.165) is 38.4 Å². The largest absolute Gasteiger partial charge is 0.393 e. The molecule has 1 aromatic rings. The molecule has 0 amide bonds. The van der Waals surface area contributed by atoms with Crippen LogP contribution in [-0.2, 0) is 13.0 Å². The molecule has 0 aromatic carbocycles. The first-order valence-electron chi connectivity index (χ1n) is 7.88. The summed E-state index contributed by atoms with van der Waals surface area (Å²) in [6, 6.07) is 0. The average Bonchev–Trinajstić information content (AvgIpc) is 2.84. The highest BCUT2D eigenvalue weighted by Crippen LogP contribution is 2.22. The predicted molar refractivity (Wildman–Crippen MR) is 85.0 cm³/mol. The molecule has 0 bridgehead atoms. The highest BCUT2D eigenvalue weighted by molar-refractivity contribution is 7.09. The van der Waals surface area contributed by atoms with E-state index in [0.29, 0.717) is 5.92 Å². The first-order valence-corrected chi connectivity index (χ1v) is 8.76. The molecule has 4 heteroatoms. The van der Waals surface area contributed by atoms with Gasteiger partial charge in [-0.3, -0.25) is 4.90 Å². The van der Waals surface area contributed by atoms with Crippen molar-refractivity contribution in [3.63, 3.8) is 0 Å². The smallest absolute Gasteiger partial charge is 0.0928 e. The van der Waals surface area contributed by atoms with E-state index in [4.69, 9.17) is 4.98 Å². The van der Waals surface area contributed by atoms with Crippen molar-refractivity contribution >= 4 is 11.3 Å². The van der Waals surface area contributed by atoms with Crippen LogP contribution in [0.3, 0.4) is 0 Å². The molecule has 20 heavy (non-hydrogen) atoms. The van der Waals surface area contributed by atoms with Crippen LogP contribution < -0.4 is 0 Å². The summed E-state index contributed by atoms with van der Waals surface area (Å²) < 4.78 is 0. The third kappa shape index (κ3) is 4.83. The minimum Gasteiger partial charge on any atom is -0.393 e. The van der Waals surface area contributed by atoms with Crippen LogP contribution in [0.4, 0.5) is 0 Å². The van der Waals surface area contributed by atoms with Crippen molar-refractivity contribution in [2.24, 2.45) is 11.8 Å². The standard InChI is InChI=1S/C16H28N2OS/c1-12(2)6-7-16-17-15(11-20-16)10-18-8-4-5-14(9-18)13(3)19/h11-14,19H,4-10H2,1-3H3. The molecule has 1 saturated heterocycles. The first kappa shape index (κ1) is 15.9. The Morgan fingerprint density at radius 3 is 2.95 bits per heavy atom. The predicted octanol–water partition coefficient (Wildman–Crippen LogP) is 3.32. The molecule has 0 spiro atoms. The molecule has 0 radical (unpaired) electrons. The fraction of sp³-hybridized carbons (Fsp3) is 0.812. The fourth-order valence-electron chi connectivity index (χ4n) is 2.81. The Balaban J connectivity index is 1.83. The summed E-state index contributed by atoms with van der Waals surface area (Å²) in [7, 11) is 0. The van der Waals surface area contributed by atoms with Crippen molar-refractivity contribution in [1.82, 2.24) is 9.88 Å². The zero-order chi connectivity index (χ0) is 14.5. The molecule has 0 aliphatic carbocycles. The molecule has 1 aliphatic rings. The van der Waals surface area contributed by atoms with E-state index < -0.39 is 0 Å². The van der Waals surface area contributed by atoms with Crippen molar-refractivity contribution in [3.8, 4) is 0 Å². The molecule has 1 aromatic heterocycles. The molecule has 2 rings (SSSR count). The van der Waals surface area contributed by atoms with Gasteiger partial charge in [0.2, 0.25) is 0 Å². The molecule has 2 heterocycles. The molecule has 0 saturated carbocycles. The van der Waals surface area contributed by atoms with E-state index in [1.807, 2.05) is 6.92 Å². The quantitative estimate of drug-likeness (QED) is 0.875. The van der Waals surface area contributed by atoms with Crippen LogP contribution in [0.25, 0.3) is 0 Å². The summed E-state index contributed by atoms with van der Waals surface area (Å²) in [6.45, 7) is 9.54. The second-order valence-corrected chi connectivity index (χ2v) is 7.49. The molecule has 1 aliphatic heterocycles. The summed E-state index contributed by atoms with van der Waals surface area (Å²) in [4.78, 5) is 7.21.